The zero-order valence-electron chi connectivity index (χ0n) is 39.5. The molecule has 330 valence electrons. The maximum atomic E-state index is 2.58. The molecule has 0 spiro atoms. The van der Waals surface area contributed by atoms with Crippen LogP contribution >= 0.6 is 9.24 Å². The fraction of sp³-hybridized carbons (Fsp3) is 0.226. The molecule has 0 aliphatic heterocycles. The second kappa shape index (κ2) is 23.1. The Morgan fingerprint density at radius 3 is 1.35 bits per heavy atom. The minimum Gasteiger partial charge on any atom is -0.310 e. The molecule has 6 aromatic carbocycles. The van der Waals surface area contributed by atoms with Crippen molar-refractivity contribution in [1.29, 1.82) is 0 Å². The lowest BCUT2D eigenvalue weighted by atomic mass is 9.99. The van der Waals surface area contributed by atoms with Crippen molar-refractivity contribution in [3.63, 3.8) is 0 Å². The van der Waals surface area contributed by atoms with E-state index in [1.54, 1.807) is 0 Å². The fourth-order valence-electron chi connectivity index (χ4n) is 8.48. The van der Waals surface area contributed by atoms with Crippen LogP contribution in [0.4, 0.5) is 34.1 Å². The van der Waals surface area contributed by atoms with Crippen molar-refractivity contribution in [3.8, 4) is 11.1 Å². The monoisotopic (exact) mass is 871 g/mol. The summed E-state index contributed by atoms with van der Waals surface area (Å²) in [6, 6.07) is 49.9. The third-order valence-corrected chi connectivity index (χ3v) is 12.2. The van der Waals surface area contributed by atoms with Crippen LogP contribution in [0.3, 0.4) is 0 Å². The van der Waals surface area contributed by atoms with E-state index in [-0.39, 0.29) is 0 Å². The van der Waals surface area contributed by atoms with Gasteiger partial charge in [-0.25, -0.2) is 0 Å². The fourth-order valence-corrected chi connectivity index (χ4v) is 8.48. The Kier molecular flexibility index (Phi) is 16.6. The van der Waals surface area contributed by atoms with E-state index in [1.807, 2.05) is 0 Å². The van der Waals surface area contributed by atoms with Crippen molar-refractivity contribution < 1.29 is 0 Å². The van der Waals surface area contributed by atoms with Gasteiger partial charge in [0.05, 0.1) is 0 Å². The first kappa shape index (κ1) is 46.8. The summed E-state index contributed by atoms with van der Waals surface area (Å²) in [5.41, 5.74) is 19.6. The van der Waals surface area contributed by atoms with Gasteiger partial charge in [-0.1, -0.05) is 168 Å². The van der Waals surface area contributed by atoms with Gasteiger partial charge in [0.1, 0.15) is 0 Å². The molecule has 0 fully saturated rings. The number of benzene rings is 6. The zero-order valence-corrected chi connectivity index (χ0v) is 40.6. The molecule has 6 aromatic rings. The quantitative estimate of drug-likeness (QED) is 0.101. The van der Waals surface area contributed by atoms with E-state index in [1.165, 1.54) is 73.2 Å². The smallest absolute Gasteiger partial charge is 0.0493 e. The maximum Gasteiger partial charge on any atom is 0.0493 e. The van der Waals surface area contributed by atoms with E-state index in [9.17, 15) is 0 Å². The molecule has 0 radical (unpaired) electrons. The third-order valence-electron chi connectivity index (χ3n) is 12.2. The highest BCUT2D eigenvalue weighted by atomic mass is 31.0. The van der Waals surface area contributed by atoms with Gasteiger partial charge in [0.25, 0.3) is 0 Å². The first-order valence-electron chi connectivity index (χ1n) is 23.8. The molecule has 0 heterocycles. The van der Waals surface area contributed by atoms with Crippen molar-refractivity contribution >= 4 is 55.5 Å². The summed E-state index contributed by atoms with van der Waals surface area (Å²) in [5, 5.41) is 0. The number of aryl methyl sites for hydroxylation is 3. The highest BCUT2D eigenvalue weighted by Gasteiger charge is 2.18. The Labute approximate surface area is 393 Å². The SMILES string of the molecule is CCP.CCc1ccc(N(c2ccc(/C=C/C3=CCCC=C3)cc2)c2ccc(-c3ccc(N(c4ccc(/C=C/C5=CCCC=C5)cc4)c4ccc(C(C)C)cc4C)cc3)cc2)c(CC)c1. The molecule has 0 bridgehead atoms. The number of hydrogen-bond donors (Lipinski definition) is 0. The van der Waals surface area contributed by atoms with Gasteiger partial charge in [-0.3, -0.25) is 0 Å². The topological polar surface area (TPSA) is 6.48 Å². The Morgan fingerprint density at radius 1 is 0.508 bits per heavy atom. The van der Waals surface area contributed by atoms with Crippen LogP contribution in [-0.4, -0.2) is 6.16 Å². The van der Waals surface area contributed by atoms with Crippen LogP contribution in [0.2, 0.25) is 0 Å². The van der Waals surface area contributed by atoms with Crippen LogP contribution in [-0.2, 0) is 12.8 Å². The molecule has 1 atom stereocenters. The Morgan fingerprint density at radius 2 is 0.954 bits per heavy atom. The van der Waals surface area contributed by atoms with Gasteiger partial charge in [0.2, 0.25) is 0 Å². The van der Waals surface area contributed by atoms with Crippen molar-refractivity contribution in [1.82, 2.24) is 0 Å². The molecule has 0 aromatic heterocycles. The average molecular weight is 871 g/mol. The molecule has 0 amide bonds. The largest absolute Gasteiger partial charge is 0.310 e. The standard InChI is InChI=1S/C60H60N2.C2H7P/c1-6-46-26-40-60(51(7-2)43-46)62(56-34-24-50(25-35-56)21-19-48-16-12-9-13-17-48)58-38-29-53(30-39-58)52-27-36-57(37-28-52)61(59-41-31-54(44(3)4)42-45(59)5)55-32-22-49(23-33-55)20-18-47-14-10-8-11-15-47;1-2-3/h10,12,14-44H,6-9,11,13H2,1-5H3;2-3H2,1H3/b20-18+,21-19+;. The molecule has 1 unspecified atom stereocenters. The number of allylic oxidation sites excluding steroid dienone is 10. The van der Waals surface area contributed by atoms with Crippen LogP contribution < -0.4 is 9.80 Å². The molecule has 0 saturated carbocycles. The van der Waals surface area contributed by atoms with E-state index in [4.69, 9.17) is 0 Å². The van der Waals surface area contributed by atoms with Crippen molar-refractivity contribution in [3.05, 3.63) is 227 Å². The number of hydrogen-bond acceptors (Lipinski definition) is 2. The minimum atomic E-state index is 0.472. The average Bonchev–Trinajstić information content (AvgIpc) is 3.35. The lowest BCUT2D eigenvalue weighted by molar-refractivity contribution is 0.865. The Hall–Kier alpha value is -6.21. The van der Waals surface area contributed by atoms with E-state index in [0.29, 0.717) is 5.92 Å². The molecule has 8 rings (SSSR count). The molecule has 2 aliphatic carbocycles. The molecule has 2 aliphatic rings. The number of rotatable bonds is 14. The summed E-state index contributed by atoms with van der Waals surface area (Å²) in [5.74, 6) is 0.472. The third kappa shape index (κ3) is 12.1. The second-order valence-electron chi connectivity index (χ2n) is 17.3. The van der Waals surface area contributed by atoms with Gasteiger partial charge in [0.15, 0.2) is 0 Å². The van der Waals surface area contributed by atoms with E-state index in [0.717, 1.165) is 61.3 Å². The molecule has 0 saturated heterocycles. The van der Waals surface area contributed by atoms with Crippen molar-refractivity contribution in [2.45, 2.75) is 86.0 Å². The molecule has 65 heavy (non-hydrogen) atoms. The minimum absolute atomic E-state index is 0.472. The molecule has 0 N–H and O–H groups in total. The van der Waals surface area contributed by atoms with Crippen LogP contribution in [0.1, 0.15) is 99.6 Å². The normalized spacial score (nSPS) is 13.5. The van der Waals surface area contributed by atoms with Crippen LogP contribution in [0.5, 0.6) is 0 Å². The summed E-state index contributed by atoms with van der Waals surface area (Å²) in [6.07, 6.45) is 30.1. The van der Waals surface area contributed by atoms with Crippen LogP contribution in [0, 0.1) is 6.92 Å². The summed E-state index contributed by atoms with van der Waals surface area (Å²) in [4.78, 5) is 4.81. The van der Waals surface area contributed by atoms with Gasteiger partial charge < -0.3 is 9.80 Å². The Balaban J connectivity index is 0.00000204. The second-order valence-corrected chi connectivity index (χ2v) is 18.1. The van der Waals surface area contributed by atoms with Gasteiger partial charge in [-0.15, -0.1) is 9.24 Å². The van der Waals surface area contributed by atoms with Gasteiger partial charge in [0, 0.05) is 34.1 Å². The predicted octanol–water partition coefficient (Wildman–Crippen LogP) is 18.3. The van der Waals surface area contributed by atoms with Crippen molar-refractivity contribution in [2.24, 2.45) is 0 Å². The molecular formula is C62H67N2P. The van der Waals surface area contributed by atoms with E-state index in [2.05, 4.69) is 255 Å². The van der Waals surface area contributed by atoms with Crippen LogP contribution in [0.25, 0.3) is 23.3 Å². The molecular weight excluding hydrogens is 804 g/mol. The lowest BCUT2D eigenvalue weighted by Crippen LogP contribution is -2.12. The van der Waals surface area contributed by atoms with E-state index >= 15 is 0 Å². The highest BCUT2D eigenvalue weighted by Crippen LogP contribution is 2.41. The summed E-state index contributed by atoms with van der Waals surface area (Å²) >= 11 is 0. The Bertz CT molecular complexity index is 2670. The van der Waals surface area contributed by atoms with Gasteiger partial charge in [-0.05, 0) is 174 Å². The van der Waals surface area contributed by atoms with Gasteiger partial charge >= 0.3 is 0 Å². The molecule has 2 nitrogen and oxygen atoms in total. The number of anilines is 6. The lowest BCUT2D eigenvalue weighted by Gasteiger charge is -2.28. The number of nitrogens with zero attached hydrogens (tertiary/aromatic N) is 2. The summed E-state index contributed by atoms with van der Waals surface area (Å²) < 4.78 is 0. The molecule has 3 heteroatoms. The highest BCUT2D eigenvalue weighted by molar-refractivity contribution is 7.16. The van der Waals surface area contributed by atoms with Crippen LogP contribution in [0.15, 0.2) is 193 Å². The summed E-state index contributed by atoms with van der Waals surface area (Å²) in [7, 11) is 2.58. The van der Waals surface area contributed by atoms with Gasteiger partial charge in [-0.2, -0.15) is 0 Å². The van der Waals surface area contributed by atoms with E-state index < -0.39 is 0 Å². The first-order valence-corrected chi connectivity index (χ1v) is 24.6. The maximum absolute atomic E-state index is 2.58. The first-order chi connectivity index (χ1) is 31.8. The summed E-state index contributed by atoms with van der Waals surface area (Å²) in [6.45, 7) is 13.3. The zero-order chi connectivity index (χ0) is 45.5. The predicted molar refractivity (Wildman–Crippen MR) is 290 cm³/mol. The van der Waals surface area contributed by atoms with Crippen molar-refractivity contribution in [2.75, 3.05) is 16.0 Å².